The van der Waals surface area contributed by atoms with Gasteiger partial charge in [0.2, 0.25) is 0 Å². The SMILES string of the molecule is C=C(c1cccc(C)c1)[C@H](N)c1cccc(C)c1. The molecule has 0 spiro atoms. The van der Waals surface area contributed by atoms with Gasteiger partial charge in [-0.15, -0.1) is 0 Å². The summed E-state index contributed by atoms with van der Waals surface area (Å²) in [5.74, 6) is 0. The van der Waals surface area contributed by atoms with E-state index in [4.69, 9.17) is 5.73 Å². The van der Waals surface area contributed by atoms with Crippen molar-refractivity contribution in [2.45, 2.75) is 19.9 Å². The summed E-state index contributed by atoms with van der Waals surface area (Å²) in [5.41, 5.74) is 11.9. The molecule has 0 heterocycles. The van der Waals surface area contributed by atoms with Gasteiger partial charge in [0.1, 0.15) is 0 Å². The van der Waals surface area contributed by atoms with Crippen molar-refractivity contribution in [1.29, 1.82) is 0 Å². The molecule has 0 fully saturated rings. The standard InChI is InChI=1S/C17H19N/c1-12-6-4-8-15(10-12)14(3)17(18)16-9-5-7-13(2)11-16/h4-11,17H,3,18H2,1-2H3/t17-/m0/s1. The summed E-state index contributed by atoms with van der Waals surface area (Å²) in [5, 5.41) is 0. The highest BCUT2D eigenvalue weighted by Crippen LogP contribution is 2.27. The summed E-state index contributed by atoms with van der Waals surface area (Å²) in [4.78, 5) is 0. The quantitative estimate of drug-likeness (QED) is 0.857. The fraction of sp³-hybridized carbons (Fsp3) is 0.176. The highest BCUT2D eigenvalue weighted by Gasteiger charge is 2.11. The van der Waals surface area contributed by atoms with Crippen LogP contribution in [0.4, 0.5) is 0 Å². The van der Waals surface area contributed by atoms with E-state index < -0.39 is 0 Å². The van der Waals surface area contributed by atoms with Crippen LogP contribution in [-0.2, 0) is 0 Å². The third-order valence-electron chi connectivity index (χ3n) is 3.17. The molecule has 0 saturated heterocycles. The van der Waals surface area contributed by atoms with Crippen LogP contribution in [0.3, 0.4) is 0 Å². The zero-order valence-corrected chi connectivity index (χ0v) is 11.0. The van der Waals surface area contributed by atoms with Crippen molar-refractivity contribution in [3.63, 3.8) is 0 Å². The van der Waals surface area contributed by atoms with Crippen LogP contribution in [0.25, 0.3) is 5.57 Å². The lowest BCUT2D eigenvalue weighted by Crippen LogP contribution is -2.12. The van der Waals surface area contributed by atoms with E-state index >= 15 is 0 Å². The van der Waals surface area contributed by atoms with Crippen LogP contribution < -0.4 is 5.73 Å². The van der Waals surface area contributed by atoms with Crippen LogP contribution in [-0.4, -0.2) is 0 Å². The Balaban J connectivity index is 2.29. The van der Waals surface area contributed by atoms with Gasteiger partial charge in [0.05, 0.1) is 6.04 Å². The minimum atomic E-state index is -0.147. The molecule has 2 rings (SSSR count). The lowest BCUT2D eigenvalue weighted by molar-refractivity contribution is 0.932. The second kappa shape index (κ2) is 5.19. The highest BCUT2D eigenvalue weighted by molar-refractivity contribution is 5.69. The molecule has 0 amide bonds. The first kappa shape index (κ1) is 12.6. The Morgan fingerprint density at radius 3 is 2.22 bits per heavy atom. The molecule has 2 N–H and O–H groups in total. The molecule has 0 saturated carbocycles. The Morgan fingerprint density at radius 2 is 1.61 bits per heavy atom. The van der Waals surface area contributed by atoms with E-state index in [-0.39, 0.29) is 6.04 Å². The molecule has 92 valence electrons. The van der Waals surface area contributed by atoms with Crippen LogP contribution in [0, 0.1) is 13.8 Å². The van der Waals surface area contributed by atoms with Gasteiger partial charge in [-0.25, -0.2) is 0 Å². The lowest BCUT2D eigenvalue weighted by Gasteiger charge is -2.16. The van der Waals surface area contributed by atoms with Gasteiger partial charge in [-0.3, -0.25) is 0 Å². The topological polar surface area (TPSA) is 26.0 Å². The first-order valence-corrected chi connectivity index (χ1v) is 6.16. The van der Waals surface area contributed by atoms with Gasteiger partial charge in [-0.2, -0.15) is 0 Å². The van der Waals surface area contributed by atoms with Gasteiger partial charge in [-0.05, 0) is 30.5 Å². The van der Waals surface area contributed by atoms with Gasteiger partial charge >= 0.3 is 0 Å². The van der Waals surface area contributed by atoms with Crippen LogP contribution >= 0.6 is 0 Å². The molecule has 2 aromatic rings. The minimum Gasteiger partial charge on any atom is -0.320 e. The molecular formula is C17H19N. The maximum absolute atomic E-state index is 6.29. The molecule has 1 nitrogen and oxygen atoms in total. The minimum absolute atomic E-state index is 0.147. The maximum atomic E-state index is 6.29. The number of hydrogen-bond acceptors (Lipinski definition) is 1. The van der Waals surface area contributed by atoms with E-state index in [9.17, 15) is 0 Å². The summed E-state index contributed by atoms with van der Waals surface area (Å²) in [6.45, 7) is 8.30. The number of aryl methyl sites for hydroxylation is 2. The average Bonchev–Trinajstić information content (AvgIpc) is 2.37. The molecule has 1 heteroatoms. The fourth-order valence-electron chi connectivity index (χ4n) is 2.09. The molecule has 0 unspecified atom stereocenters. The molecule has 0 radical (unpaired) electrons. The second-order valence-electron chi connectivity index (χ2n) is 4.79. The molecule has 2 aromatic carbocycles. The first-order valence-electron chi connectivity index (χ1n) is 6.16. The van der Waals surface area contributed by atoms with Crippen molar-refractivity contribution >= 4 is 5.57 Å². The van der Waals surface area contributed by atoms with Crippen molar-refractivity contribution in [2.75, 3.05) is 0 Å². The second-order valence-corrected chi connectivity index (χ2v) is 4.79. The van der Waals surface area contributed by atoms with E-state index in [0.29, 0.717) is 0 Å². The smallest absolute Gasteiger partial charge is 0.0551 e. The number of rotatable bonds is 3. The Morgan fingerprint density at radius 1 is 1.00 bits per heavy atom. The molecule has 0 aliphatic rings. The van der Waals surface area contributed by atoms with Gasteiger partial charge in [0.25, 0.3) is 0 Å². The van der Waals surface area contributed by atoms with Crippen molar-refractivity contribution in [2.24, 2.45) is 5.73 Å². The van der Waals surface area contributed by atoms with Crippen molar-refractivity contribution in [1.82, 2.24) is 0 Å². The van der Waals surface area contributed by atoms with Gasteiger partial charge in [0, 0.05) is 0 Å². The summed E-state index contributed by atoms with van der Waals surface area (Å²) >= 11 is 0. The first-order chi connectivity index (χ1) is 8.58. The zero-order chi connectivity index (χ0) is 13.1. The molecule has 1 atom stereocenters. The number of nitrogens with two attached hydrogens (primary N) is 1. The molecule has 0 aromatic heterocycles. The monoisotopic (exact) mass is 237 g/mol. The molecule has 0 aliphatic carbocycles. The van der Waals surface area contributed by atoms with Gasteiger partial charge in [-0.1, -0.05) is 66.2 Å². The average molecular weight is 237 g/mol. The predicted molar refractivity (Wildman–Crippen MR) is 78.3 cm³/mol. The summed E-state index contributed by atoms with van der Waals surface area (Å²) in [6, 6.07) is 16.4. The molecule has 0 bridgehead atoms. The number of hydrogen-bond donors (Lipinski definition) is 1. The summed E-state index contributed by atoms with van der Waals surface area (Å²) in [6.07, 6.45) is 0. The molecule has 0 aliphatic heterocycles. The lowest BCUT2D eigenvalue weighted by atomic mass is 9.93. The summed E-state index contributed by atoms with van der Waals surface area (Å²) < 4.78 is 0. The fourth-order valence-corrected chi connectivity index (χ4v) is 2.09. The van der Waals surface area contributed by atoms with Crippen LogP contribution in [0.5, 0.6) is 0 Å². The largest absolute Gasteiger partial charge is 0.320 e. The Hall–Kier alpha value is -1.86. The Labute approximate surface area is 109 Å². The van der Waals surface area contributed by atoms with Crippen molar-refractivity contribution in [3.8, 4) is 0 Å². The van der Waals surface area contributed by atoms with Crippen LogP contribution in [0.15, 0.2) is 55.1 Å². The predicted octanol–water partition coefficient (Wildman–Crippen LogP) is 4.02. The Bertz CT molecular complexity index is 569. The number of benzene rings is 2. The van der Waals surface area contributed by atoms with Crippen molar-refractivity contribution in [3.05, 3.63) is 77.4 Å². The third kappa shape index (κ3) is 2.69. The normalized spacial score (nSPS) is 12.2. The van der Waals surface area contributed by atoms with E-state index in [1.54, 1.807) is 0 Å². The van der Waals surface area contributed by atoms with Gasteiger partial charge in [0.15, 0.2) is 0 Å². The van der Waals surface area contributed by atoms with E-state index in [0.717, 1.165) is 16.7 Å². The Kier molecular flexibility index (Phi) is 3.63. The molecule has 18 heavy (non-hydrogen) atoms. The maximum Gasteiger partial charge on any atom is 0.0551 e. The van der Waals surface area contributed by atoms with Crippen molar-refractivity contribution < 1.29 is 0 Å². The van der Waals surface area contributed by atoms with E-state index in [1.807, 2.05) is 12.1 Å². The van der Waals surface area contributed by atoms with Gasteiger partial charge < -0.3 is 5.73 Å². The van der Waals surface area contributed by atoms with E-state index in [2.05, 4.69) is 56.8 Å². The zero-order valence-electron chi connectivity index (χ0n) is 11.0. The molecular weight excluding hydrogens is 218 g/mol. The summed E-state index contributed by atoms with van der Waals surface area (Å²) in [7, 11) is 0. The van der Waals surface area contributed by atoms with Crippen LogP contribution in [0.1, 0.15) is 28.3 Å². The highest BCUT2D eigenvalue weighted by atomic mass is 14.6. The van der Waals surface area contributed by atoms with E-state index in [1.165, 1.54) is 11.1 Å². The van der Waals surface area contributed by atoms with Crippen LogP contribution in [0.2, 0.25) is 0 Å². The third-order valence-corrected chi connectivity index (χ3v) is 3.17.